The van der Waals surface area contributed by atoms with Crippen LogP contribution >= 0.6 is 0 Å². The molecule has 0 aromatic carbocycles. The molecule has 14 heavy (non-hydrogen) atoms. The van der Waals surface area contributed by atoms with Crippen molar-refractivity contribution in [3.05, 3.63) is 11.6 Å². The monoisotopic (exact) mass is 196 g/mol. The van der Waals surface area contributed by atoms with E-state index in [1.807, 2.05) is 0 Å². The van der Waals surface area contributed by atoms with Gasteiger partial charge in [-0.2, -0.15) is 0 Å². The van der Waals surface area contributed by atoms with Crippen LogP contribution in [0.5, 0.6) is 0 Å². The van der Waals surface area contributed by atoms with E-state index in [4.69, 9.17) is 5.73 Å². The van der Waals surface area contributed by atoms with Gasteiger partial charge in [-0.1, -0.05) is 18.1 Å². The topological polar surface area (TPSA) is 29.3 Å². The number of nitrogens with two attached hydrogens (primary N) is 1. The first-order valence-electron chi connectivity index (χ1n) is 5.81. The molecule has 0 saturated carbocycles. The van der Waals surface area contributed by atoms with E-state index in [1.54, 1.807) is 0 Å². The maximum Gasteiger partial charge on any atom is 0.0168 e. The fraction of sp³-hybridized carbons (Fsp3) is 0.833. The predicted molar refractivity (Wildman–Crippen MR) is 62.3 cm³/mol. The van der Waals surface area contributed by atoms with Crippen molar-refractivity contribution < 1.29 is 0 Å². The van der Waals surface area contributed by atoms with Gasteiger partial charge >= 0.3 is 0 Å². The average Bonchev–Trinajstić information content (AvgIpc) is 2.17. The lowest BCUT2D eigenvalue weighted by Crippen LogP contribution is -2.40. The van der Waals surface area contributed by atoms with Crippen molar-refractivity contribution in [2.75, 3.05) is 19.6 Å². The highest BCUT2D eigenvalue weighted by atomic mass is 15.2. The van der Waals surface area contributed by atoms with Crippen LogP contribution in [0.4, 0.5) is 0 Å². The summed E-state index contributed by atoms with van der Waals surface area (Å²) < 4.78 is 0. The zero-order chi connectivity index (χ0) is 10.4. The summed E-state index contributed by atoms with van der Waals surface area (Å²) in [4.78, 5) is 2.59. The molecule has 1 unspecified atom stereocenters. The fourth-order valence-electron chi connectivity index (χ4n) is 2.12. The van der Waals surface area contributed by atoms with Crippen LogP contribution in [0.3, 0.4) is 0 Å². The van der Waals surface area contributed by atoms with E-state index in [1.165, 1.54) is 31.4 Å². The van der Waals surface area contributed by atoms with E-state index in [2.05, 4.69) is 24.8 Å². The van der Waals surface area contributed by atoms with Gasteiger partial charge in [0.05, 0.1) is 0 Å². The number of nitrogens with zero attached hydrogens (tertiary/aromatic N) is 1. The third kappa shape index (κ3) is 3.81. The molecule has 1 saturated heterocycles. The molecular weight excluding hydrogens is 172 g/mol. The van der Waals surface area contributed by atoms with Crippen molar-refractivity contribution in [2.45, 2.75) is 45.6 Å². The molecule has 1 heterocycles. The maximum absolute atomic E-state index is 5.64. The molecular formula is C12H24N2. The van der Waals surface area contributed by atoms with E-state index >= 15 is 0 Å². The van der Waals surface area contributed by atoms with Crippen molar-refractivity contribution >= 4 is 0 Å². The third-order valence-electron chi connectivity index (χ3n) is 2.98. The minimum Gasteiger partial charge on any atom is -0.330 e. The van der Waals surface area contributed by atoms with Crippen LogP contribution in [0.1, 0.15) is 39.5 Å². The predicted octanol–water partition coefficient (Wildman–Crippen LogP) is 2.16. The largest absolute Gasteiger partial charge is 0.330 e. The number of rotatable bonds is 4. The number of hydrogen-bond acceptors (Lipinski definition) is 2. The Hall–Kier alpha value is -0.340. The summed E-state index contributed by atoms with van der Waals surface area (Å²) in [5.74, 6) is 0. The Labute approximate surface area is 88.2 Å². The van der Waals surface area contributed by atoms with Crippen LogP contribution in [-0.2, 0) is 0 Å². The molecule has 2 nitrogen and oxygen atoms in total. The van der Waals surface area contributed by atoms with Crippen molar-refractivity contribution in [3.63, 3.8) is 0 Å². The molecule has 0 aromatic heterocycles. The number of piperidine rings is 1. The van der Waals surface area contributed by atoms with Crippen molar-refractivity contribution in [3.8, 4) is 0 Å². The fourth-order valence-corrected chi connectivity index (χ4v) is 2.12. The highest BCUT2D eigenvalue weighted by Crippen LogP contribution is 2.19. The average molecular weight is 196 g/mol. The van der Waals surface area contributed by atoms with Gasteiger partial charge in [0.2, 0.25) is 0 Å². The molecule has 0 amide bonds. The molecule has 0 spiro atoms. The minimum atomic E-state index is 0.740. The smallest absolute Gasteiger partial charge is 0.0168 e. The Morgan fingerprint density at radius 1 is 1.43 bits per heavy atom. The molecule has 2 N–H and O–H groups in total. The molecule has 0 radical (unpaired) electrons. The van der Waals surface area contributed by atoms with Crippen molar-refractivity contribution in [1.29, 1.82) is 0 Å². The third-order valence-corrected chi connectivity index (χ3v) is 2.98. The van der Waals surface area contributed by atoms with Gasteiger partial charge in [-0.25, -0.2) is 0 Å². The summed E-state index contributed by atoms with van der Waals surface area (Å²) in [6, 6.07) is 0.740. The number of allylic oxidation sites excluding steroid dienone is 1. The maximum atomic E-state index is 5.64. The minimum absolute atomic E-state index is 0.740. The Bertz CT molecular complexity index is 181. The summed E-state index contributed by atoms with van der Waals surface area (Å²) in [5, 5.41) is 0. The Balaban J connectivity index is 2.41. The summed E-state index contributed by atoms with van der Waals surface area (Å²) in [5.41, 5.74) is 7.05. The van der Waals surface area contributed by atoms with Gasteiger partial charge < -0.3 is 5.73 Å². The van der Waals surface area contributed by atoms with Crippen LogP contribution in [-0.4, -0.2) is 30.6 Å². The Morgan fingerprint density at radius 3 is 2.86 bits per heavy atom. The second-order valence-electron chi connectivity index (χ2n) is 4.50. The van der Waals surface area contributed by atoms with E-state index in [0.29, 0.717) is 0 Å². The van der Waals surface area contributed by atoms with E-state index < -0.39 is 0 Å². The summed E-state index contributed by atoms with van der Waals surface area (Å²) in [7, 11) is 0. The van der Waals surface area contributed by atoms with Gasteiger partial charge in [-0.05, 0) is 46.2 Å². The first-order chi connectivity index (χ1) is 6.74. The van der Waals surface area contributed by atoms with Gasteiger partial charge in [0.25, 0.3) is 0 Å². The molecule has 1 aliphatic rings. The summed E-state index contributed by atoms with van der Waals surface area (Å²) in [6.45, 7) is 7.54. The number of hydrogen-bond donors (Lipinski definition) is 1. The quantitative estimate of drug-likeness (QED) is 0.698. The molecule has 82 valence electrons. The lowest BCUT2D eigenvalue weighted by molar-refractivity contribution is 0.158. The second-order valence-corrected chi connectivity index (χ2v) is 4.50. The normalized spacial score (nSPS) is 23.5. The molecule has 1 rings (SSSR count). The van der Waals surface area contributed by atoms with Crippen molar-refractivity contribution in [1.82, 2.24) is 4.90 Å². The zero-order valence-corrected chi connectivity index (χ0v) is 9.63. The van der Waals surface area contributed by atoms with Gasteiger partial charge in [0.15, 0.2) is 0 Å². The Morgan fingerprint density at radius 2 is 2.21 bits per heavy atom. The van der Waals surface area contributed by atoms with Crippen LogP contribution in [0.2, 0.25) is 0 Å². The molecule has 1 fully saturated rings. The number of likely N-dealkylation sites (tertiary alicyclic amines) is 1. The summed E-state index contributed by atoms with van der Waals surface area (Å²) >= 11 is 0. The lowest BCUT2D eigenvalue weighted by Gasteiger charge is -2.34. The SMILES string of the molecule is CC(C)=CCN1CCCCC1CCN. The Kier molecular flexibility index (Phi) is 5.20. The van der Waals surface area contributed by atoms with E-state index in [0.717, 1.165) is 25.6 Å². The van der Waals surface area contributed by atoms with Crippen LogP contribution in [0, 0.1) is 0 Å². The molecule has 0 aliphatic carbocycles. The van der Waals surface area contributed by atoms with Gasteiger partial charge in [0, 0.05) is 12.6 Å². The molecule has 1 aliphatic heterocycles. The van der Waals surface area contributed by atoms with Crippen LogP contribution in [0.15, 0.2) is 11.6 Å². The summed E-state index contributed by atoms with van der Waals surface area (Å²) in [6.07, 6.45) is 7.58. The van der Waals surface area contributed by atoms with Gasteiger partial charge in [-0.3, -0.25) is 4.90 Å². The first kappa shape index (κ1) is 11.7. The second kappa shape index (κ2) is 6.20. The zero-order valence-electron chi connectivity index (χ0n) is 9.63. The molecule has 2 heteroatoms. The van der Waals surface area contributed by atoms with Crippen LogP contribution < -0.4 is 5.73 Å². The highest BCUT2D eigenvalue weighted by molar-refractivity contribution is 4.96. The van der Waals surface area contributed by atoms with Gasteiger partial charge in [0.1, 0.15) is 0 Å². The van der Waals surface area contributed by atoms with E-state index in [9.17, 15) is 0 Å². The molecule has 0 aromatic rings. The van der Waals surface area contributed by atoms with Crippen molar-refractivity contribution in [2.24, 2.45) is 5.73 Å². The first-order valence-corrected chi connectivity index (χ1v) is 5.81. The van der Waals surface area contributed by atoms with Gasteiger partial charge in [-0.15, -0.1) is 0 Å². The van der Waals surface area contributed by atoms with E-state index in [-0.39, 0.29) is 0 Å². The molecule has 0 bridgehead atoms. The van der Waals surface area contributed by atoms with Crippen LogP contribution in [0.25, 0.3) is 0 Å². The lowest BCUT2D eigenvalue weighted by atomic mass is 9.99. The highest BCUT2D eigenvalue weighted by Gasteiger charge is 2.20. The molecule has 1 atom stereocenters. The standard InChI is InChI=1S/C12H24N2/c1-11(2)7-10-14-9-4-3-5-12(14)6-8-13/h7,12H,3-6,8-10,13H2,1-2H3.